The van der Waals surface area contributed by atoms with E-state index in [1.54, 1.807) is 0 Å². The highest BCUT2D eigenvalue weighted by atomic mass is 79.9. The molecule has 2 atom stereocenters. The first-order chi connectivity index (χ1) is 9.45. The minimum absolute atomic E-state index is 0.0429. The number of carbonyl (C=O) groups is 2. The van der Waals surface area contributed by atoms with Crippen molar-refractivity contribution in [2.75, 3.05) is 25.5 Å². The monoisotopic (exact) mass is 342 g/mol. The molecule has 0 fully saturated rings. The molecule has 0 spiro atoms. The highest BCUT2D eigenvalue weighted by Crippen LogP contribution is 2.20. The molecule has 0 saturated carbocycles. The summed E-state index contributed by atoms with van der Waals surface area (Å²) in [4.78, 5) is 24.5. The molecule has 0 radical (unpaired) electrons. The molecule has 1 aromatic rings. The Morgan fingerprint density at radius 1 is 1.35 bits per heavy atom. The van der Waals surface area contributed by atoms with Gasteiger partial charge >= 0.3 is 0 Å². The topological polar surface area (TPSA) is 62.6 Å². The summed E-state index contributed by atoms with van der Waals surface area (Å²) in [5, 5.41) is 5.59. The molecule has 0 aliphatic heterocycles. The van der Waals surface area contributed by atoms with Crippen LogP contribution in [0.5, 0.6) is 0 Å². The summed E-state index contributed by atoms with van der Waals surface area (Å²) in [6.45, 7) is 4.52. The molecule has 1 unspecified atom stereocenters. The Labute approximate surface area is 127 Å². The minimum Gasteiger partial charge on any atom is -0.351 e. The average molecular weight is 343 g/mol. The van der Waals surface area contributed by atoms with Gasteiger partial charge in [-0.25, -0.2) is 0 Å². The van der Waals surface area contributed by atoms with Gasteiger partial charge in [0, 0.05) is 11.0 Å². The van der Waals surface area contributed by atoms with Gasteiger partial charge in [0.25, 0.3) is 11.8 Å². The second-order valence-corrected chi connectivity index (χ2v) is 5.52. The Morgan fingerprint density at radius 2 is 2.00 bits per heavy atom. The van der Waals surface area contributed by atoms with Gasteiger partial charge in [0.15, 0.2) is 12.6 Å². The summed E-state index contributed by atoms with van der Waals surface area (Å²) in [6.07, 6.45) is 0. The summed E-state index contributed by atoms with van der Waals surface area (Å²) in [5.74, 6) is -0.163. The molecule has 0 aliphatic carbocycles. The third-order valence-corrected chi connectivity index (χ3v) is 3.76. The molecule has 1 rings (SSSR count). The molecule has 0 bridgehead atoms. The van der Waals surface area contributed by atoms with E-state index < -0.39 is 0 Å². The number of nitrogens with one attached hydrogen (secondary N) is 3. The number of likely N-dealkylation sites (N-methyl/N-ethyl adjacent to an activating group) is 2. The van der Waals surface area contributed by atoms with Crippen LogP contribution < -0.4 is 15.5 Å². The van der Waals surface area contributed by atoms with E-state index in [-0.39, 0.29) is 24.4 Å². The number of halogens is 1. The van der Waals surface area contributed by atoms with E-state index in [4.69, 9.17) is 0 Å². The largest absolute Gasteiger partial charge is 0.351 e. The summed E-state index contributed by atoms with van der Waals surface area (Å²) in [5.41, 5.74) is 0.732. The maximum atomic E-state index is 12.0. The number of amides is 2. The lowest BCUT2D eigenvalue weighted by molar-refractivity contribution is -0.885. The van der Waals surface area contributed by atoms with Crippen molar-refractivity contribution >= 4 is 33.4 Å². The number of quaternary nitrogens is 1. The van der Waals surface area contributed by atoms with Crippen molar-refractivity contribution in [1.29, 1.82) is 0 Å². The first-order valence-corrected chi connectivity index (χ1v) is 7.39. The van der Waals surface area contributed by atoms with E-state index in [1.165, 1.54) is 0 Å². The van der Waals surface area contributed by atoms with E-state index in [2.05, 4.69) is 26.6 Å². The Balaban J connectivity index is 2.54. The normalized spacial score (nSPS) is 13.4. The third kappa shape index (κ3) is 4.94. The van der Waals surface area contributed by atoms with Crippen LogP contribution in [-0.4, -0.2) is 38.0 Å². The lowest BCUT2D eigenvalue weighted by atomic mass is 10.2. The van der Waals surface area contributed by atoms with Crippen molar-refractivity contribution in [3.8, 4) is 0 Å². The third-order valence-electron chi connectivity index (χ3n) is 3.07. The number of hydrogen-bond donors (Lipinski definition) is 3. The minimum atomic E-state index is -0.264. The Hall–Kier alpha value is -1.40. The van der Waals surface area contributed by atoms with Gasteiger partial charge in [-0.15, -0.1) is 0 Å². The fourth-order valence-corrected chi connectivity index (χ4v) is 2.10. The van der Waals surface area contributed by atoms with Gasteiger partial charge in [0.1, 0.15) is 0 Å². The van der Waals surface area contributed by atoms with Crippen LogP contribution in [0.15, 0.2) is 28.7 Å². The number of para-hydroxylation sites is 1. The lowest BCUT2D eigenvalue weighted by Gasteiger charge is -2.20. The Morgan fingerprint density at radius 3 is 2.60 bits per heavy atom. The van der Waals surface area contributed by atoms with E-state index in [9.17, 15) is 9.59 Å². The van der Waals surface area contributed by atoms with Crippen LogP contribution in [0.3, 0.4) is 0 Å². The van der Waals surface area contributed by atoms with Crippen molar-refractivity contribution < 1.29 is 14.5 Å². The van der Waals surface area contributed by atoms with Crippen LogP contribution >= 0.6 is 15.9 Å². The second kappa shape index (κ2) is 8.01. The van der Waals surface area contributed by atoms with E-state index in [0.29, 0.717) is 6.54 Å². The van der Waals surface area contributed by atoms with Crippen molar-refractivity contribution in [1.82, 2.24) is 5.32 Å². The van der Waals surface area contributed by atoms with Gasteiger partial charge in [-0.05, 0) is 41.9 Å². The Bertz CT molecular complexity index is 479. The summed E-state index contributed by atoms with van der Waals surface area (Å²) < 4.78 is 0.836. The van der Waals surface area contributed by atoms with Gasteiger partial charge < -0.3 is 15.5 Å². The summed E-state index contributed by atoms with van der Waals surface area (Å²) in [6, 6.07) is 7.16. The number of anilines is 1. The second-order valence-electron chi connectivity index (χ2n) is 4.67. The van der Waals surface area contributed by atoms with E-state index >= 15 is 0 Å². The van der Waals surface area contributed by atoms with Crippen LogP contribution in [0.4, 0.5) is 5.69 Å². The van der Waals surface area contributed by atoms with Crippen LogP contribution in [0.25, 0.3) is 0 Å². The van der Waals surface area contributed by atoms with Gasteiger partial charge in [0.05, 0.1) is 12.7 Å². The quantitative estimate of drug-likeness (QED) is 0.701. The van der Waals surface area contributed by atoms with Crippen molar-refractivity contribution in [2.45, 2.75) is 19.9 Å². The van der Waals surface area contributed by atoms with Gasteiger partial charge in [0.2, 0.25) is 0 Å². The first kappa shape index (κ1) is 16.7. The fraction of sp³-hybridized carbons (Fsp3) is 0.429. The number of benzene rings is 1. The lowest BCUT2D eigenvalue weighted by Crippen LogP contribution is -3.15. The van der Waals surface area contributed by atoms with Crippen LogP contribution in [0.2, 0.25) is 0 Å². The summed E-state index contributed by atoms with van der Waals surface area (Å²) >= 11 is 3.38. The maximum Gasteiger partial charge on any atom is 0.279 e. The number of hydrogen-bond acceptors (Lipinski definition) is 2. The van der Waals surface area contributed by atoms with E-state index in [0.717, 1.165) is 15.1 Å². The average Bonchev–Trinajstić information content (AvgIpc) is 2.40. The molecule has 0 aliphatic rings. The van der Waals surface area contributed by atoms with Gasteiger partial charge in [-0.3, -0.25) is 9.59 Å². The standard InChI is InChI=1S/C14H20BrN3O2/c1-4-16-14(20)10(2)18(3)9-13(19)17-12-8-6-5-7-11(12)15/h5-8,10H,4,9H2,1-3H3,(H,16,20)(H,17,19)/p+1/t10-/m0/s1. The number of rotatable bonds is 6. The zero-order valence-corrected chi connectivity index (χ0v) is 13.6. The van der Waals surface area contributed by atoms with E-state index in [1.807, 2.05) is 45.2 Å². The zero-order chi connectivity index (χ0) is 15.1. The first-order valence-electron chi connectivity index (χ1n) is 6.60. The highest BCUT2D eigenvalue weighted by molar-refractivity contribution is 9.10. The van der Waals surface area contributed by atoms with Gasteiger partial charge in [-0.1, -0.05) is 12.1 Å². The fourth-order valence-electron chi connectivity index (χ4n) is 1.71. The smallest absolute Gasteiger partial charge is 0.279 e. The number of carbonyl (C=O) groups excluding carboxylic acids is 2. The predicted octanol–water partition coefficient (Wildman–Crippen LogP) is 0.427. The van der Waals surface area contributed by atoms with Crippen LogP contribution in [0.1, 0.15) is 13.8 Å². The molecular weight excluding hydrogens is 322 g/mol. The molecule has 20 heavy (non-hydrogen) atoms. The van der Waals surface area contributed by atoms with Crippen molar-refractivity contribution in [2.24, 2.45) is 0 Å². The van der Waals surface area contributed by atoms with Crippen molar-refractivity contribution in [3.63, 3.8) is 0 Å². The molecule has 3 N–H and O–H groups in total. The van der Waals surface area contributed by atoms with Crippen LogP contribution in [-0.2, 0) is 9.59 Å². The Kier molecular flexibility index (Phi) is 6.67. The molecular formula is C14H21BrN3O2+. The molecule has 6 heteroatoms. The zero-order valence-electron chi connectivity index (χ0n) is 12.0. The molecule has 1 aromatic carbocycles. The highest BCUT2D eigenvalue weighted by Gasteiger charge is 2.23. The molecule has 5 nitrogen and oxygen atoms in total. The maximum absolute atomic E-state index is 12.0. The molecule has 2 amide bonds. The van der Waals surface area contributed by atoms with Crippen LogP contribution in [0, 0.1) is 0 Å². The summed E-state index contributed by atoms with van der Waals surface area (Å²) in [7, 11) is 1.83. The SMILES string of the molecule is CCNC(=O)[C@H](C)[NH+](C)CC(=O)Nc1ccccc1Br. The van der Waals surface area contributed by atoms with Gasteiger partial charge in [-0.2, -0.15) is 0 Å². The molecule has 0 saturated heterocycles. The van der Waals surface area contributed by atoms with Crippen molar-refractivity contribution in [3.05, 3.63) is 28.7 Å². The molecule has 0 aromatic heterocycles. The molecule has 110 valence electrons. The molecule has 0 heterocycles. The predicted molar refractivity (Wildman–Crippen MR) is 82.7 cm³/mol.